The summed E-state index contributed by atoms with van der Waals surface area (Å²) in [5.41, 5.74) is 3.81. The molecule has 4 atom stereocenters. The summed E-state index contributed by atoms with van der Waals surface area (Å²) in [6, 6.07) is 24.1. The number of thiazole rings is 3. The van der Waals surface area contributed by atoms with Gasteiger partial charge in [-0.05, 0) is 122 Å². The summed E-state index contributed by atoms with van der Waals surface area (Å²) in [4.78, 5) is 10.8. The number of alkyl halides is 6. The molecule has 8 aromatic rings. The van der Waals surface area contributed by atoms with Crippen molar-refractivity contribution in [3.63, 3.8) is 0 Å². The first-order chi connectivity index (χ1) is 33.6. The van der Waals surface area contributed by atoms with E-state index in [9.17, 15) is 0 Å². The second-order valence-corrected chi connectivity index (χ2v) is 25.9. The van der Waals surface area contributed by atoms with Crippen LogP contribution in [0.5, 0.6) is 0 Å². The van der Waals surface area contributed by atoms with Gasteiger partial charge >= 0.3 is 12.4 Å². The first kappa shape index (κ1) is 47.5. The molecule has 0 spiro atoms. The van der Waals surface area contributed by atoms with E-state index in [0.29, 0.717) is 22.6 Å². The van der Waals surface area contributed by atoms with Crippen LogP contribution in [0.4, 0.5) is 32.0 Å². The fourth-order valence-corrected chi connectivity index (χ4v) is 18.7. The lowest BCUT2D eigenvalue weighted by Crippen LogP contribution is -2.63. The van der Waals surface area contributed by atoms with E-state index in [4.69, 9.17) is 9.97 Å². The van der Waals surface area contributed by atoms with Gasteiger partial charge in [-0.25, -0.2) is 9.97 Å². The van der Waals surface area contributed by atoms with Crippen LogP contribution in [0.3, 0.4) is 0 Å². The first-order valence-electron chi connectivity index (χ1n) is 24.9. The average molecular weight is 1040 g/mol. The third kappa shape index (κ3) is 6.25. The smallest absolute Gasteiger partial charge is 0.369 e. The van der Waals surface area contributed by atoms with Gasteiger partial charge < -0.3 is 5.32 Å². The Labute approximate surface area is 426 Å². The summed E-state index contributed by atoms with van der Waals surface area (Å²) in [5.74, 6) is 0. The van der Waals surface area contributed by atoms with Crippen molar-refractivity contribution in [2.75, 3.05) is 5.32 Å². The second-order valence-electron chi connectivity index (χ2n) is 21.4. The van der Waals surface area contributed by atoms with Crippen molar-refractivity contribution in [1.82, 2.24) is 9.97 Å². The minimum absolute atomic E-state index is 0.0757. The van der Waals surface area contributed by atoms with Gasteiger partial charge in [-0.2, -0.15) is 30.9 Å². The molecular formula is C57H55F6N4S4+. The number of halogens is 6. The molecule has 5 aromatic carbocycles. The highest BCUT2D eigenvalue weighted by Crippen LogP contribution is 2.68. The van der Waals surface area contributed by atoms with Crippen molar-refractivity contribution in [2.24, 2.45) is 5.41 Å². The Morgan fingerprint density at radius 2 is 1.21 bits per heavy atom. The average Bonchev–Trinajstić information content (AvgIpc) is 4.09. The van der Waals surface area contributed by atoms with Gasteiger partial charge in [-0.15, -0.1) is 22.7 Å². The van der Waals surface area contributed by atoms with Crippen LogP contribution in [0.15, 0.2) is 89.8 Å². The van der Waals surface area contributed by atoms with Gasteiger partial charge in [-0.3, -0.25) is 0 Å². The molecule has 2 aliphatic carbocycles. The Kier molecular flexibility index (Phi) is 10.4. The maximum atomic E-state index is 15.2. The summed E-state index contributed by atoms with van der Waals surface area (Å²) in [6.07, 6.45) is -5.11. The number of thioether (sulfide) groups is 1. The zero-order valence-electron chi connectivity index (χ0n) is 41.0. The van der Waals surface area contributed by atoms with E-state index >= 15 is 26.3 Å². The second kappa shape index (κ2) is 15.5. The molecular weight excluding hydrogens is 983 g/mol. The Hall–Kier alpha value is -4.50. The van der Waals surface area contributed by atoms with Crippen molar-refractivity contribution in [2.45, 2.75) is 151 Å². The fraction of sp³-hybridized carbons (Fsp3) is 0.421. The Bertz CT molecular complexity index is 3450. The van der Waals surface area contributed by atoms with Gasteiger partial charge in [0.2, 0.25) is 10.9 Å². The largest absolute Gasteiger partial charge is 0.411 e. The van der Waals surface area contributed by atoms with E-state index in [1.807, 2.05) is 36.9 Å². The third-order valence-electron chi connectivity index (χ3n) is 18.2. The quantitative estimate of drug-likeness (QED) is 0.104. The molecule has 3 aromatic heterocycles. The first-order valence-corrected chi connectivity index (χ1v) is 28.1. The van der Waals surface area contributed by atoms with E-state index in [1.54, 1.807) is 11.3 Å². The van der Waals surface area contributed by atoms with Crippen LogP contribution in [0, 0.1) is 5.41 Å². The molecule has 0 bridgehead atoms. The van der Waals surface area contributed by atoms with E-state index in [-0.39, 0.29) is 26.5 Å². The van der Waals surface area contributed by atoms with Gasteiger partial charge in [0.05, 0.1) is 31.0 Å². The number of nitrogens with zero attached hydrogens (tertiary/aromatic N) is 3. The van der Waals surface area contributed by atoms with Gasteiger partial charge in [0, 0.05) is 32.9 Å². The molecule has 0 amide bonds. The van der Waals surface area contributed by atoms with Crippen molar-refractivity contribution in [3.05, 3.63) is 123 Å². The summed E-state index contributed by atoms with van der Waals surface area (Å²) >= 11 is 6.91. The molecule has 4 nitrogen and oxygen atoms in total. The van der Waals surface area contributed by atoms with E-state index < -0.39 is 28.9 Å². The van der Waals surface area contributed by atoms with Crippen molar-refractivity contribution >= 4 is 82.1 Å². The standard InChI is InChI=1S/C57H55F6N4S4/c1-9-50(6)28-34-23-36(19-21-37(34)50)55(56(58,59)60,57(61,62)63)35-17-14-31(15-18-35)47-64-39-24-45-41(26-43(39)68-47)66-52(8,71-45)54(12-4,13-5)53(11-3)29-33-22-32(16-20-38(33)53)48-65-40-25-46-42(27-44(40)69-48)67-30-51(7,10-2)49(67)70-46/h14-27,66H,9-13,28-30H2,1-8H3/q+1. The topological polar surface area (TPSA) is 41.7 Å². The lowest BCUT2D eigenvalue weighted by atomic mass is 9.45. The van der Waals surface area contributed by atoms with E-state index in [2.05, 4.69) is 93.9 Å². The molecule has 0 radical (unpaired) electrons. The number of hydrogen-bond donors (Lipinski definition) is 1. The minimum atomic E-state index is -5.66. The molecule has 368 valence electrons. The highest BCUT2D eigenvalue weighted by Gasteiger charge is 2.73. The normalized spacial score (nSPS) is 23.7. The van der Waals surface area contributed by atoms with E-state index in [1.165, 1.54) is 66.2 Å². The summed E-state index contributed by atoms with van der Waals surface area (Å²) in [6.45, 7) is 19.0. The fourth-order valence-electron chi connectivity index (χ4n) is 13.7. The maximum Gasteiger partial charge on any atom is 0.411 e. The number of rotatable bonds is 11. The van der Waals surface area contributed by atoms with Crippen molar-refractivity contribution in [1.29, 1.82) is 0 Å². The maximum absolute atomic E-state index is 15.2. The number of anilines is 1. The third-order valence-corrected chi connectivity index (χ3v) is 23.2. The molecule has 14 heteroatoms. The predicted octanol–water partition coefficient (Wildman–Crippen LogP) is 17.0. The van der Waals surface area contributed by atoms with E-state index in [0.717, 1.165) is 106 Å². The van der Waals surface area contributed by atoms with Crippen molar-refractivity contribution in [3.8, 4) is 21.1 Å². The Morgan fingerprint density at radius 1 is 0.606 bits per heavy atom. The molecule has 71 heavy (non-hydrogen) atoms. The minimum Gasteiger partial charge on any atom is -0.369 e. The molecule has 0 saturated carbocycles. The molecule has 5 heterocycles. The molecule has 4 aliphatic rings. The molecule has 1 N–H and O–H groups in total. The van der Waals surface area contributed by atoms with Crippen LogP contribution in [0.1, 0.15) is 126 Å². The molecule has 12 rings (SSSR count). The van der Waals surface area contributed by atoms with Gasteiger partial charge in [0.15, 0.2) is 6.54 Å². The van der Waals surface area contributed by atoms with Crippen LogP contribution in [0.2, 0.25) is 0 Å². The van der Waals surface area contributed by atoms with Gasteiger partial charge in [0.1, 0.15) is 20.1 Å². The number of hydrogen-bond acceptors (Lipinski definition) is 7. The summed E-state index contributed by atoms with van der Waals surface area (Å²) in [7, 11) is 0. The van der Waals surface area contributed by atoms with Crippen LogP contribution in [-0.2, 0) is 41.0 Å². The predicted molar refractivity (Wildman–Crippen MR) is 281 cm³/mol. The van der Waals surface area contributed by atoms with Gasteiger partial charge in [-0.1, -0.05) is 119 Å². The molecule has 4 unspecified atom stereocenters. The highest BCUT2D eigenvalue weighted by atomic mass is 32.2. The molecule has 2 aliphatic heterocycles. The van der Waals surface area contributed by atoms with Crippen LogP contribution >= 0.6 is 45.8 Å². The van der Waals surface area contributed by atoms with Crippen LogP contribution in [-0.4, -0.2) is 27.2 Å². The number of fused-ring (bicyclic) bond motifs is 8. The Morgan fingerprint density at radius 3 is 1.83 bits per heavy atom. The lowest BCUT2D eigenvalue weighted by molar-refractivity contribution is -0.731. The van der Waals surface area contributed by atoms with Gasteiger partial charge in [0.25, 0.3) is 5.01 Å². The monoisotopic (exact) mass is 1040 g/mol. The molecule has 0 fully saturated rings. The summed E-state index contributed by atoms with van der Waals surface area (Å²) in [5, 5.41) is 7.07. The SMILES string of the molecule is CCC1(C)Cc2cc(C(c3ccc(-c4nc5cc6c(cc5s4)NC(C)(C(CC)(CC)C4(CC)Cc5cc(-c7nc8cc9sc%10[n+](c9cc8s7)CC%10(C)CC)ccc54)S6)cc3)(C(F)(F)F)C(F)(F)F)ccc21. The number of nitrogens with one attached hydrogen (secondary N) is 1. The highest BCUT2D eigenvalue weighted by molar-refractivity contribution is 8.01. The number of benzene rings is 5. The van der Waals surface area contributed by atoms with Crippen LogP contribution in [0.25, 0.3) is 51.8 Å². The number of aromatic nitrogens is 3. The van der Waals surface area contributed by atoms with Crippen LogP contribution < -0.4 is 9.88 Å². The zero-order chi connectivity index (χ0) is 50.1. The summed E-state index contributed by atoms with van der Waals surface area (Å²) < 4.78 is 96.9. The lowest BCUT2D eigenvalue weighted by Gasteiger charge is -2.62. The van der Waals surface area contributed by atoms with Crippen molar-refractivity contribution < 1.29 is 30.9 Å². The molecule has 0 saturated heterocycles. The Balaban J connectivity index is 0.819. The zero-order valence-corrected chi connectivity index (χ0v) is 44.2.